The molecule has 106 valence electrons. The van der Waals surface area contributed by atoms with E-state index in [-0.39, 0.29) is 12.0 Å². The summed E-state index contributed by atoms with van der Waals surface area (Å²) in [5.41, 5.74) is 0.689. The summed E-state index contributed by atoms with van der Waals surface area (Å²) in [7, 11) is 0. The first-order valence-electron chi connectivity index (χ1n) is 6.70. The van der Waals surface area contributed by atoms with E-state index < -0.39 is 0 Å². The maximum absolute atomic E-state index is 12.4. The molecule has 0 unspecified atom stereocenters. The van der Waals surface area contributed by atoms with E-state index in [1.54, 1.807) is 0 Å². The molecule has 0 bridgehead atoms. The standard InChI is InChI=1S/C15H22BrNO2/c1-4-17(10-6-9-16)15(18)13-7-5-8-14(11-13)19-12(2)3/h5,7-8,11-12H,4,6,9-10H2,1-3H3. The lowest BCUT2D eigenvalue weighted by Crippen LogP contribution is -2.32. The van der Waals surface area contributed by atoms with Gasteiger partial charge in [0.05, 0.1) is 6.10 Å². The Labute approximate surface area is 124 Å². The lowest BCUT2D eigenvalue weighted by atomic mass is 10.2. The van der Waals surface area contributed by atoms with Gasteiger partial charge in [-0.2, -0.15) is 0 Å². The number of amides is 1. The predicted octanol–water partition coefficient (Wildman–Crippen LogP) is 3.72. The monoisotopic (exact) mass is 327 g/mol. The third-order valence-electron chi connectivity index (χ3n) is 2.68. The minimum atomic E-state index is 0.0673. The molecule has 0 aliphatic rings. The van der Waals surface area contributed by atoms with E-state index in [4.69, 9.17) is 4.74 Å². The van der Waals surface area contributed by atoms with Crippen LogP contribution in [0.3, 0.4) is 0 Å². The highest BCUT2D eigenvalue weighted by Gasteiger charge is 2.14. The molecular weight excluding hydrogens is 306 g/mol. The van der Waals surface area contributed by atoms with E-state index in [9.17, 15) is 4.79 Å². The average Bonchev–Trinajstić information content (AvgIpc) is 2.39. The first-order valence-corrected chi connectivity index (χ1v) is 7.82. The minimum Gasteiger partial charge on any atom is -0.491 e. The Balaban J connectivity index is 2.79. The number of ether oxygens (including phenoxy) is 1. The highest BCUT2D eigenvalue weighted by Crippen LogP contribution is 2.16. The molecule has 0 atom stereocenters. The topological polar surface area (TPSA) is 29.5 Å². The second-order valence-corrected chi connectivity index (χ2v) is 5.41. The maximum atomic E-state index is 12.4. The predicted molar refractivity (Wildman–Crippen MR) is 82.2 cm³/mol. The number of benzene rings is 1. The smallest absolute Gasteiger partial charge is 0.253 e. The SMILES string of the molecule is CCN(CCCBr)C(=O)c1cccc(OC(C)C)c1. The van der Waals surface area contributed by atoms with Gasteiger partial charge in [0, 0.05) is 24.0 Å². The molecule has 0 heterocycles. The van der Waals surface area contributed by atoms with E-state index in [2.05, 4.69) is 15.9 Å². The second-order valence-electron chi connectivity index (χ2n) is 4.62. The average molecular weight is 328 g/mol. The number of hydrogen-bond acceptors (Lipinski definition) is 2. The highest BCUT2D eigenvalue weighted by molar-refractivity contribution is 9.09. The van der Waals surface area contributed by atoms with E-state index in [0.717, 1.165) is 30.6 Å². The number of carbonyl (C=O) groups is 1. The van der Waals surface area contributed by atoms with Crippen LogP contribution in [0.5, 0.6) is 5.75 Å². The van der Waals surface area contributed by atoms with Crippen molar-refractivity contribution < 1.29 is 9.53 Å². The van der Waals surface area contributed by atoms with Gasteiger partial charge in [-0.1, -0.05) is 22.0 Å². The molecular formula is C15H22BrNO2. The molecule has 3 nitrogen and oxygen atoms in total. The highest BCUT2D eigenvalue weighted by atomic mass is 79.9. The molecule has 0 aliphatic carbocycles. The summed E-state index contributed by atoms with van der Waals surface area (Å²) in [5.74, 6) is 0.815. The molecule has 1 amide bonds. The molecule has 19 heavy (non-hydrogen) atoms. The van der Waals surface area contributed by atoms with E-state index >= 15 is 0 Å². The number of carbonyl (C=O) groups excluding carboxylic acids is 1. The third-order valence-corrected chi connectivity index (χ3v) is 3.24. The summed E-state index contributed by atoms with van der Waals surface area (Å²) in [6, 6.07) is 7.40. The van der Waals surface area contributed by atoms with Crippen molar-refractivity contribution in [2.75, 3.05) is 18.4 Å². The van der Waals surface area contributed by atoms with E-state index in [0.29, 0.717) is 5.56 Å². The van der Waals surface area contributed by atoms with Gasteiger partial charge in [0.25, 0.3) is 5.91 Å². The largest absolute Gasteiger partial charge is 0.491 e. The van der Waals surface area contributed by atoms with Crippen LogP contribution in [0.4, 0.5) is 0 Å². The van der Waals surface area contributed by atoms with Crippen LogP contribution in [-0.4, -0.2) is 35.3 Å². The number of alkyl halides is 1. The molecule has 0 saturated carbocycles. The Morgan fingerprint density at radius 1 is 1.42 bits per heavy atom. The van der Waals surface area contributed by atoms with Crippen molar-refractivity contribution in [1.29, 1.82) is 0 Å². The molecule has 1 aromatic carbocycles. The van der Waals surface area contributed by atoms with Gasteiger partial charge in [0.2, 0.25) is 0 Å². The molecule has 0 radical (unpaired) electrons. The third kappa shape index (κ3) is 5.23. The van der Waals surface area contributed by atoms with Crippen molar-refractivity contribution in [2.24, 2.45) is 0 Å². The number of halogens is 1. The van der Waals surface area contributed by atoms with Crippen molar-refractivity contribution in [3.05, 3.63) is 29.8 Å². The van der Waals surface area contributed by atoms with Gasteiger partial charge >= 0.3 is 0 Å². The summed E-state index contributed by atoms with van der Waals surface area (Å²) in [6.45, 7) is 7.45. The van der Waals surface area contributed by atoms with Gasteiger partial charge in [-0.15, -0.1) is 0 Å². The maximum Gasteiger partial charge on any atom is 0.253 e. The van der Waals surface area contributed by atoms with Gasteiger partial charge in [-0.3, -0.25) is 4.79 Å². The van der Waals surface area contributed by atoms with Crippen LogP contribution in [0, 0.1) is 0 Å². The normalized spacial score (nSPS) is 10.6. The molecule has 1 rings (SSSR count). The molecule has 0 fully saturated rings. The second kappa shape index (κ2) is 8.20. The fraction of sp³-hybridized carbons (Fsp3) is 0.533. The Morgan fingerprint density at radius 3 is 2.74 bits per heavy atom. The molecule has 1 aromatic rings. The van der Waals surface area contributed by atoms with Gasteiger partial charge < -0.3 is 9.64 Å². The quantitative estimate of drug-likeness (QED) is 0.714. The minimum absolute atomic E-state index is 0.0673. The van der Waals surface area contributed by atoms with Crippen LogP contribution in [0.1, 0.15) is 37.6 Å². The summed E-state index contributed by atoms with van der Waals surface area (Å²) >= 11 is 3.39. The van der Waals surface area contributed by atoms with Crippen LogP contribution in [-0.2, 0) is 0 Å². The lowest BCUT2D eigenvalue weighted by molar-refractivity contribution is 0.0764. The van der Waals surface area contributed by atoms with Crippen LogP contribution >= 0.6 is 15.9 Å². The van der Waals surface area contributed by atoms with Crippen LogP contribution < -0.4 is 4.74 Å². The zero-order valence-corrected chi connectivity index (χ0v) is 13.4. The van der Waals surface area contributed by atoms with Crippen molar-refractivity contribution >= 4 is 21.8 Å². The molecule has 0 N–H and O–H groups in total. The fourth-order valence-electron chi connectivity index (χ4n) is 1.81. The molecule has 0 spiro atoms. The van der Waals surface area contributed by atoms with Gasteiger partial charge in [-0.05, 0) is 45.4 Å². The Bertz CT molecular complexity index is 407. The van der Waals surface area contributed by atoms with E-state index in [1.165, 1.54) is 0 Å². The molecule has 0 saturated heterocycles. The molecule has 0 aromatic heterocycles. The van der Waals surface area contributed by atoms with Gasteiger partial charge in [0.15, 0.2) is 0 Å². The zero-order valence-electron chi connectivity index (χ0n) is 11.9. The van der Waals surface area contributed by atoms with Crippen LogP contribution in [0.25, 0.3) is 0 Å². The van der Waals surface area contributed by atoms with Crippen molar-refractivity contribution in [3.8, 4) is 5.75 Å². The molecule has 0 aliphatic heterocycles. The Morgan fingerprint density at radius 2 is 2.16 bits per heavy atom. The summed E-state index contributed by atoms with van der Waals surface area (Å²) < 4.78 is 5.62. The van der Waals surface area contributed by atoms with Crippen molar-refractivity contribution in [2.45, 2.75) is 33.3 Å². The lowest BCUT2D eigenvalue weighted by Gasteiger charge is -2.21. The van der Waals surface area contributed by atoms with Crippen LogP contribution in [0.2, 0.25) is 0 Å². The Kier molecular flexibility index (Phi) is 6.92. The van der Waals surface area contributed by atoms with Gasteiger partial charge in [-0.25, -0.2) is 0 Å². The molecule has 4 heteroatoms. The summed E-state index contributed by atoms with van der Waals surface area (Å²) in [5, 5.41) is 0.910. The first kappa shape index (κ1) is 16.0. The summed E-state index contributed by atoms with van der Waals surface area (Å²) in [4.78, 5) is 14.2. The van der Waals surface area contributed by atoms with E-state index in [1.807, 2.05) is 49.9 Å². The zero-order chi connectivity index (χ0) is 14.3. The summed E-state index contributed by atoms with van der Waals surface area (Å²) in [6.07, 6.45) is 1.07. The number of nitrogens with zero attached hydrogens (tertiary/aromatic N) is 1. The van der Waals surface area contributed by atoms with Gasteiger partial charge in [0.1, 0.15) is 5.75 Å². The first-order chi connectivity index (χ1) is 9.08. The Hall–Kier alpha value is -1.03. The fourth-order valence-corrected chi connectivity index (χ4v) is 2.06. The number of hydrogen-bond donors (Lipinski definition) is 0. The number of rotatable bonds is 7. The van der Waals surface area contributed by atoms with Crippen molar-refractivity contribution in [3.63, 3.8) is 0 Å². The van der Waals surface area contributed by atoms with Crippen LogP contribution in [0.15, 0.2) is 24.3 Å². The van der Waals surface area contributed by atoms with Crippen molar-refractivity contribution in [1.82, 2.24) is 4.90 Å².